The SMILES string of the molecule is [N-]=C=CC(=O)c1cnccn1. The molecule has 0 bridgehead atoms. The molecule has 0 saturated carbocycles. The average Bonchev–Trinajstić information content (AvgIpc) is 2.07. The summed E-state index contributed by atoms with van der Waals surface area (Å²) in [6.07, 6.45) is 5.07. The Morgan fingerprint density at radius 3 is 3.00 bits per heavy atom. The van der Waals surface area contributed by atoms with Crippen LogP contribution in [0, 0.1) is 0 Å². The van der Waals surface area contributed by atoms with Crippen LogP contribution in [0.25, 0.3) is 5.41 Å². The van der Waals surface area contributed by atoms with Gasteiger partial charge in [0.25, 0.3) is 0 Å². The van der Waals surface area contributed by atoms with Crippen molar-refractivity contribution >= 4 is 11.7 Å². The van der Waals surface area contributed by atoms with E-state index >= 15 is 0 Å². The van der Waals surface area contributed by atoms with Crippen LogP contribution in [0.2, 0.25) is 0 Å². The first kappa shape index (κ1) is 7.31. The third-order valence-corrected chi connectivity index (χ3v) is 1.01. The summed E-state index contributed by atoms with van der Waals surface area (Å²) >= 11 is 0. The molecular formula is C7H4N3O-. The van der Waals surface area contributed by atoms with Crippen molar-refractivity contribution in [3.05, 3.63) is 35.8 Å². The van der Waals surface area contributed by atoms with E-state index in [1.807, 2.05) is 0 Å². The normalized spacial score (nSPS) is 8.36. The Labute approximate surface area is 63.1 Å². The Balaban J connectivity index is 2.94. The maximum Gasteiger partial charge on any atom is 0.211 e. The minimum atomic E-state index is -0.416. The zero-order valence-electron chi connectivity index (χ0n) is 5.56. The molecule has 1 rings (SSSR count). The van der Waals surface area contributed by atoms with Crippen LogP contribution < -0.4 is 0 Å². The molecule has 0 atom stereocenters. The van der Waals surface area contributed by atoms with E-state index in [0.717, 1.165) is 6.08 Å². The van der Waals surface area contributed by atoms with Crippen LogP contribution in [0.1, 0.15) is 10.5 Å². The van der Waals surface area contributed by atoms with Gasteiger partial charge in [-0.05, 0) is 0 Å². The minimum absolute atomic E-state index is 0.189. The number of nitrogens with zero attached hydrogens (tertiary/aromatic N) is 3. The largest absolute Gasteiger partial charge is 0.763 e. The molecule has 1 aromatic rings. The second-order valence-corrected chi connectivity index (χ2v) is 1.73. The standard InChI is InChI=1S/C7H4N3O/c8-2-1-7(11)6-5-9-3-4-10-6/h1,3-5H/q-1. The van der Waals surface area contributed by atoms with Crippen LogP contribution in [-0.4, -0.2) is 21.6 Å². The maximum atomic E-state index is 10.9. The number of rotatable bonds is 2. The number of hydrogen-bond acceptors (Lipinski definition) is 3. The van der Waals surface area contributed by atoms with Crippen LogP contribution in [0.4, 0.5) is 0 Å². The molecule has 0 fully saturated rings. The van der Waals surface area contributed by atoms with Gasteiger partial charge in [0.05, 0.1) is 6.20 Å². The molecule has 1 aromatic heterocycles. The second kappa shape index (κ2) is 3.39. The number of aromatic nitrogens is 2. The predicted octanol–water partition coefficient (Wildman–Crippen LogP) is 0.455. The molecular weight excluding hydrogens is 142 g/mol. The number of ketones is 1. The smallest absolute Gasteiger partial charge is 0.211 e. The first-order valence-corrected chi connectivity index (χ1v) is 2.88. The highest BCUT2D eigenvalue weighted by molar-refractivity contribution is 6.07. The van der Waals surface area contributed by atoms with Gasteiger partial charge in [-0.15, -0.1) is 0 Å². The monoisotopic (exact) mass is 146 g/mol. The molecule has 0 aliphatic carbocycles. The van der Waals surface area contributed by atoms with Crippen LogP contribution >= 0.6 is 0 Å². The molecule has 0 unspecified atom stereocenters. The van der Waals surface area contributed by atoms with Gasteiger partial charge in [-0.3, -0.25) is 15.6 Å². The summed E-state index contributed by atoms with van der Waals surface area (Å²) in [5.74, 6) is 1.21. The topological polar surface area (TPSA) is 65.2 Å². The van der Waals surface area contributed by atoms with Crippen LogP contribution in [-0.2, 0) is 0 Å². The summed E-state index contributed by atoms with van der Waals surface area (Å²) < 4.78 is 0. The Kier molecular flexibility index (Phi) is 2.25. The third kappa shape index (κ3) is 1.81. The van der Waals surface area contributed by atoms with Gasteiger partial charge in [-0.1, -0.05) is 0 Å². The van der Waals surface area contributed by atoms with E-state index in [1.165, 1.54) is 18.6 Å². The maximum absolute atomic E-state index is 10.9. The van der Waals surface area contributed by atoms with E-state index in [4.69, 9.17) is 5.41 Å². The molecule has 11 heavy (non-hydrogen) atoms. The lowest BCUT2D eigenvalue weighted by Gasteiger charge is -1.89. The molecule has 0 aromatic carbocycles. The number of hydrogen-bond donors (Lipinski definition) is 0. The third-order valence-electron chi connectivity index (χ3n) is 1.01. The highest BCUT2D eigenvalue weighted by Gasteiger charge is 1.99. The second-order valence-electron chi connectivity index (χ2n) is 1.73. The van der Waals surface area contributed by atoms with Crippen molar-refractivity contribution in [2.24, 2.45) is 0 Å². The van der Waals surface area contributed by atoms with Gasteiger partial charge >= 0.3 is 0 Å². The van der Waals surface area contributed by atoms with Crippen LogP contribution in [0.3, 0.4) is 0 Å². The van der Waals surface area contributed by atoms with E-state index in [2.05, 4.69) is 9.97 Å². The van der Waals surface area contributed by atoms with E-state index in [-0.39, 0.29) is 5.69 Å². The molecule has 4 nitrogen and oxygen atoms in total. The minimum Gasteiger partial charge on any atom is -0.763 e. The fraction of sp³-hybridized carbons (Fsp3) is 0. The molecule has 0 radical (unpaired) electrons. The summed E-state index contributed by atoms with van der Waals surface area (Å²) in [6.45, 7) is 0. The number of allylic oxidation sites excluding steroid dienone is 1. The van der Waals surface area contributed by atoms with Crippen molar-refractivity contribution in [3.63, 3.8) is 0 Å². The molecule has 4 heteroatoms. The quantitative estimate of drug-likeness (QED) is 0.345. The van der Waals surface area contributed by atoms with Gasteiger partial charge in [0.1, 0.15) is 5.69 Å². The summed E-state index contributed by atoms with van der Waals surface area (Å²) in [7, 11) is 0. The molecule has 0 amide bonds. The number of carbonyl (C=O) groups is 1. The van der Waals surface area contributed by atoms with Gasteiger partial charge in [0.2, 0.25) is 5.78 Å². The van der Waals surface area contributed by atoms with Gasteiger partial charge in [-0.2, -0.15) is 0 Å². The highest BCUT2D eigenvalue weighted by Crippen LogP contribution is 1.91. The number of carbonyl (C=O) groups excluding carboxylic acids is 1. The van der Waals surface area contributed by atoms with Crippen molar-refractivity contribution in [2.45, 2.75) is 0 Å². The van der Waals surface area contributed by atoms with E-state index < -0.39 is 5.78 Å². The van der Waals surface area contributed by atoms with Crippen molar-refractivity contribution in [1.82, 2.24) is 9.97 Å². The predicted molar refractivity (Wildman–Crippen MR) is 39.3 cm³/mol. The lowest BCUT2D eigenvalue weighted by Crippen LogP contribution is -1.97. The van der Waals surface area contributed by atoms with Gasteiger partial charge < -0.3 is 5.41 Å². The van der Waals surface area contributed by atoms with Crippen LogP contribution in [0.15, 0.2) is 24.7 Å². The van der Waals surface area contributed by atoms with Gasteiger partial charge in [0.15, 0.2) is 0 Å². The molecule has 0 aliphatic heterocycles. The lowest BCUT2D eigenvalue weighted by atomic mass is 10.3. The molecule has 0 spiro atoms. The first-order valence-electron chi connectivity index (χ1n) is 2.88. The van der Waals surface area contributed by atoms with Gasteiger partial charge in [-0.25, -0.2) is 4.98 Å². The van der Waals surface area contributed by atoms with E-state index in [1.54, 1.807) is 5.87 Å². The van der Waals surface area contributed by atoms with Crippen molar-refractivity contribution in [2.75, 3.05) is 0 Å². The Morgan fingerprint density at radius 2 is 2.45 bits per heavy atom. The van der Waals surface area contributed by atoms with Crippen LogP contribution in [0.5, 0.6) is 0 Å². The van der Waals surface area contributed by atoms with Crippen molar-refractivity contribution in [1.29, 1.82) is 0 Å². The molecule has 0 N–H and O–H groups in total. The first-order chi connectivity index (χ1) is 5.34. The zero-order valence-corrected chi connectivity index (χ0v) is 5.56. The fourth-order valence-electron chi connectivity index (χ4n) is 0.559. The molecule has 0 saturated heterocycles. The fourth-order valence-corrected chi connectivity index (χ4v) is 0.559. The summed E-state index contributed by atoms with van der Waals surface area (Å²) in [4.78, 5) is 18.2. The summed E-state index contributed by atoms with van der Waals surface area (Å²) in [5.41, 5.74) is 0.189. The molecule has 54 valence electrons. The average molecular weight is 146 g/mol. The zero-order chi connectivity index (χ0) is 8.10. The molecule has 0 aliphatic rings. The van der Waals surface area contributed by atoms with Crippen molar-refractivity contribution in [3.8, 4) is 0 Å². The Hall–Kier alpha value is -1.80. The summed E-state index contributed by atoms with van der Waals surface area (Å²) in [5, 5.41) is 8.12. The Bertz CT molecular complexity index is 301. The summed E-state index contributed by atoms with van der Waals surface area (Å²) in [6, 6.07) is 0. The molecule has 1 heterocycles. The highest BCUT2D eigenvalue weighted by atomic mass is 16.1. The lowest BCUT2D eigenvalue weighted by molar-refractivity contribution is 0.104. The van der Waals surface area contributed by atoms with Crippen molar-refractivity contribution < 1.29 is 4.79 Å². The van der Waals surface area contributed by atoms with Gasteiger partial charge in [0, 0.05) is 18.5 Å². The van der Waals surface area contributed by atoms with E-state index in [9.17, 15) is 4.79 Å². The van der Waals surface area contributed by atoms with E-state index in [0.29, 0.717) is 0 Å². The Morgan fingerprint density at radius 1 is 1.64 bits per heavy atom.